The number of unbranched alkanes of at least 4 members (excludes halogenated alkanes) is 8. The second kappa shape index (κ2) is 18.2. The maximum absolute atomic E-state index is 10.6. The Hall–Kier alpha value is -1.83. The van der Waals surface area contributed by atoms with E-state index in [1.165, 1.54) is 69.8 Å². The van der Waals surface area contributed by atoms with Crippen molar-refractivity contribution in [1.82, 2.24) is 0 Å². The Morgan fingerprint density at radius 1 is 0.828 bits per heavy atom. The minimum Gasteiger partial charge on any atom is -0.370 e. The molecule has 0 aliphatic carbocycles. The molecule has 0 aliphatic rings. The van der Waals surface area contributed by atoms with Crippen molar-refractivity contribution in [3.05, 3.63) is 60.2 Å². The summed E-state index contributed by atoms with van der Waals surface area (Å²) in [6.07, 6.45) is 25.6. The Bertz CT molecular complexity index is 561. The molecular weight excluding hydrogens is 354 g/mol. The van der Waals surface area contributed by atoms with Gasteiger partial charge in [0.25, 0.3) is 0 Å². The number of benzene rings is 1. The Balaban J connectivity index is 1.91. The van der Waals surface area contributed by atoms with Crippen LogP contribution in [0.1, 0.15) is 108 Å². The van der Waals surface area contributed by atoms with Crippen LogP contribution in [0, 0.1) is 0 Å². The van der Waals surface area contributed by atoms with Crippen molar-refractivity contribution in [2.24, 2.45) is 5.73 Å². The van der Waals surface area contributed by atoms with E-state index in [1.807, 2.05) is 0 Å². The number of allylic oxidation sites excluding steroid dienone is 4. The van der Waals surface area contributed by atoms with E-state index in [1.54, 1.807) is 0 Å². The van der Waals surface area contributed by atoms with Crippen LogP contribution < -0.4 is 5.73 Å². The van der Waals surface area contributed by atoms with Gasteiger partial charge >= 0.3 is 0 Å². The summed E-state index contributed by atoms with van der Waals surface area (Å²) in [6.45, 7) is 2.31. The fourth-order valence-corrected chi connectivity index (χ4v) is 3.76. The molecule has 0 saturated heterocycles. The van der Waals surface area contributed by atoms with E-state index in [4.69, 9.17) is 5.73 Å². The van der Waals surface area contributed by atoms with E-state index < -0.39 is 0 Å². The van der Waals surface area contributed by atoms with Crippen LogP contribution in [0.2, 0.25) is 0 Å². The van der Waals surface area contributed by atoms with Gasteiger partial charge in [-0.3, -0.25) is 4.79 Å². The number of amides is 1. The zero-order valence-electron chi connectivity index (χ0n) is 18.7. The van der Waals surface area contributed by atoms with Gasteiger partial charge < -0.3 is 5.73 Å². The molecule has 0 aromatic heterocycles. The largest absolute Gasteiger partial charge is 0.370 e. The third-order valence-corrected chi connectivity index (χ3v) is 5.59. The van der Waals surface area contributed by atoms with Crippen LogP contribution in [-0.2, 0) is 4.79 Å². The second-order valence-corrected chi connectivity index (χ2v) is 8.11. The molecule has 1 aromatic carbocycles. The lowest BCUT2D eigenvalue weighted by Gasteiger charge is -2.14. The number of nitrogens with two attached hydrogens (primary N) is 1. The van der Waals surface area contributed by atoms with E-state index in [-0.39, 0.29) is 5.91 Å². The first-order valence-corrected chi connectivity index (χ1v) is 11.9. The summed E-state index contributed by atoms with van der Waals surface area (Å²) in [7, 11) is 0. The van der Waals surface area contributed by atoms with E-state index in [0.29, 0.717) is 6.42 Å². The highest BCUT2D eigenvalue weighted by Crippen LogP contribution is 2.25. The molecule has 1 unspecified atom stereocenters. The first kappa shape index (κ1) is 25.2. The molecule has 0 radical (unpaired) electrons. The Labute approximate surface area is 179 Å². The maximum Gasteiger partial charge on any atom is 0.217 e. The molecule has 29 heavy (non-hydrogen) atoms. The second-order valence-electron chi connectivity index (χ2n) is 8.11. The standard InChI is InChI=1S/C27H43NO/c1-2-25(26-22-18-16-19-23-26)21-17-14-12-10-8-6-4-3-5-7-9-11-13-15-20-24-27(28)29/h3,5-6,8,16,18-19,22-23,25H,2,4,7,9-15,17,20-21,24H2,1H3,(H2,28,29)/b5-3-,8-6-. The highest BCUT2D eigenvalue weighted by atomic mass is 16.1. The number of rotatable bonds is 18. The summed E-state index contributed by atoms with van der Waals surface area (Å²) in [5, 5.41) is 0. The normalized spacial score (nSPS) is 12.7. The minimum absolute atomic E-state index is 0.172. The minimum atomic E-state index is -0.172. The van der Waals surface area contributed by atoms with Gasteiger partial charge in [0.1, 0.15) is 0 Å². The SMILES string of the molecule is CCC(CCCCC/C=C\C/C=C\CCCCCCCC(N)=O)c1ccccc1. The number of carbonyl (C=O) groups is 1. The zero-order valence-corrected chi connectivity index (χ0v) is 18.7. The summed E-state index contributed by atoms with van der Waals surface area (Å²) in [5.41, 5.74) is 6.64. The van der Waals surface area contributed by atoms with Crippen LogP contribution in [0.15, 0.2) is 54.6 Å². The molecule has 1 atom stereocenters. The van der Waals surface area contributed by atoms with Gasteiger partial charge in [-0.25, -0.2) is 0 Å². The third kappa shape index (κ3) is 14.8. The van der Waals surface area contributed by atoms with Crippen molar-refractivity contribution in [3.8, 4) is 0 Å². The van der Waals surface area contributed by atoms with Crippen LogP contribution in [-0.4, -0.2) is 5.91 Å². The summed E-state index contributed by atoms with van der Waals surface area (Å²) in [6, 6.07) is 11.0. The van der Waals surface area contributed by atoms with Crippen molar-refractivity contribution in [2.45, 2.75) is 103 Å². The van der Waals surface area contributed by atoms with Crippen molar-refractivity contribution in [3.63, 3.8) is 0 Å². The highest BCUT2D eigenvalue weighted by Gasteiger charge is 2.07. The van der Waals surface area contributed by atoms with Crippen LogP contribution >= 0.6 is 0 Å². The van der Waals surface area contributed by atoms with E-state index in [0.717, 1.165) is 25.2 Å². The maximum atomic E-state index is 10.6. The number of hydrogen-bond acceptors (Lipinski definition) is 1. The van der Waals surface area contributed by atoms with Gasteiger partial charge in [0, 0.05) is 6.42 Å². The van der Waals surface area contributed by atoms with Crippen LogP contribution in [0.25, 0.3) is 0 Å². The molecule has 2 nitrogen and oxygen atoms in total. The quantitative estimate of drug-likeness (QED) is 0.199. The van der Waals surface area contributed by atoms with Crippen molar-refractivity contribution < 1.29 is 4.79 Å². The smallest absolute Gasteiger partial charge is 0.217 e. The lowest BCUT2D eigenvalue weighted by Crippen LogP contribution is -2.09. The average molecular weight is 398 g/mol. The van der Waals surface area contributed by atoms with Gasteiger partial charge in [0.15, 0.2) is 0 Å². The molecule has 1 amide bonds. The highest BCUT2D eigenvalue weighted by molar-refractivity contribution is 5.73. The predicted octanol–water partition coefficient (Wildman–Crippen LogP) is 7.85. The lowest BCUT2D eigenvalue weighted by atomic mass is 9.91. The van der Waals surface area contributed by atoms with Gasteiger partial charge in [0.2, 0.25) is 5.91 Å². The monoisotopic (exact) mass is 397 g/mol. The summed E-state index contributed by atoms with van der Waals surface area (Å²) < 4.78 is 0. The molecule has 0 bridgehead atoms. The van der Waals surface area contributed by atoms with Crippen molar-refractivity contribution in [1.29, 1.82) is 0 Å². The van der Waals surface area contributed by atoms with Gasteiger partial charge in [-0.2, -0.15) is 0 Å². The van der Waals surface area contributed by atoms with E-state index in [9.17, 15) is 4.79 Å². The number of hydrogen-bond donors (Lipinski definition) is 1. The zero-order chi connectivity index (χ0) is 21.0. The van der Waals surface area contributed by atoms with Crippen LogP contribution in [0.5, 0.6) is 0 Å². The molecule has 162 valence electrons. The van der Waals surface area contributed by atoms with Crippen molar-refractivity contribution >= 4 is 5.91 Å². The lowest BCUT2D eigenvalue weighted by molar-refractivity contribution is -0.118. The van der Waals surface area contributed by atoms with E-state index >= 15 is 0 Å². The molecule has 1 rings (SSSR count). The first-order chi connectivity index (χ1) is 14.2. The predicted molar refractivity (Wildman–Crippen MR) is 127 cm³/mol. The fourth-order valence-electron chi connectivity index (χ4n) is 3.76. The van der Waals surface area contributed by atoms with Crippen molar-refractivity contribution in [2.75, 3.05) is 0 Å². The Morgan fingerprint density at radius 3 is 2.03 bits per heavy atom. The molecule has 0 spiro atoms. The fraction of sp³-hybridized carbons (Fsp3) is 0.593. The molecule has 0 heterocycles. The van der Waals surface area contributed by atoms with Gasteiger partial charge in [0.05, 0.1) is 0 Å². The number of carbonyl (C=O) groups excluding carboxylic acids is 1. The molecule has 0 fully saturated rings. The molecule has 1 aromatic rings. The summed E-state index contributed by atoms with van der Waals surface area (Å²) in [5.74, 6) is 0.557. The molecule has 2 N–H and O–H groups in total. The Kier molecular flexibility index (Phi) is 15.8. The summed E-state index contributed by atoms with van der Waals surface area (Å²) in [4.78, 5) is 10.6. The molecule has 2 heteroatoms. The Morgan fingerprint density at radius 2 is 1.41 bits per heavy atom. The topological polar surface area (TPSA) is 43.1 Å². The van der Waals surface area contributed by atoms with Crippen LogP contribution in [0.3, 0.4) is 0 Å². The average Bonchev–Trinajstić information content (AvgIpc) is 2.73. The summed E-state index contributed by atoms with van der Waals surface area (Å²) >= 11 is 0. The molecule has 0 saturated carbocycles. The molecule has 0 aliphatic heterocycles. The van der Waals surface area contributed by atoms with Gasteiger partial charge in [-0.15, -0.1) is 0 Å². The molecular formula is C27H43NO. The van der Waals surface area contributed by atoms with Crippen LogP contribution in [0.4, 0.5) is 0 Å². The van der Waals surface area contributed by atoms with Gasteiger partial charge in [-0.1, -0.05) is 93.7 Å². The first-order valence-electron chi connectivity index (χ1n) is 11.9. The van der Waals surface area contributed by atoms with E-state index in [2.05, 4.69) is 61.6 Å². The van der Waals surface area contributed by atoms with Gasteiger partial charge in [-0.05, 0) is 62.8 Å². The third-order valence-electron chi connectivity index (χ3n) is 5.59. The number of primary amides is 1.